The van der Waals surface area contributed by atoms with Gasteiger partial charge in [-0.1, -0.05) is 12.1 Å². The molecule has 1 aliphatic rings. The number of carbonyl (C=O) groups is 2. The average molecular weight is 293 g/mol. The van der Waals surface area contributed by atoms with E-state index in [0.717, 1.165) is 12.1 Å². The largest absolute Gasteiger partial charge is 0.329 e. The van der Waals surface area contributed by atoms with Crippen molar-refractivity contribution in [2.75, 3.05) is 26.7 Å². The average Bonchev–Trinajstić information content (AvgIpc) is 2.79. The Balaban J connectivity index is 1.81. The van der Waals surface area contributed by atoms with E-state index < -0.39 is 0 Å². The molecule has 0 unspecified atom stereocenters. The topological polar surface area (TPSA) is 52.6 Å². The van der Waals surface area contributed by atoms with Crippen LogP contribution in [0, 0.1) is 5.82 Å². The standard InChI is InChI=1S/C15H20FN3O2/c1-11(12-4-6-13(16)7-5-12)18(2)8-3-9-19-14(20)10-17-15(19)21/h4-7,11H,3,8-10H2,1-2H3,(H,17,21)/t11-/m1/s1. The SMILES string of the molecule is C[C@H](c1ccc(F)cc1)N(C)CCCN1C(=O)CNC1=O. The summed E-state index contributed by atoms with van der Waals surface area (Å²) in [6.45, 7) is 3.31. The van der Waals surface area contributed by atoms with E-state index in [9.17, 15) is 14.0 Å². The maximum Gasteiger partial charge on any atom is 0.324 e. The molecule has 0 aromatic heterocycles. The second kappa shape index (κ2) is 6.67. The Labute approximate surface area is 123 Å². The van der Waals surface area contributed by atoms with Gasteiger partial charge in [0, 0.05) is 19.1 Å². The molecule has 5 nitrogen and oxygen atoms in total. The molecule has 1 aliphatic heterocycles. The molecule has 1 atom stereocenters. The van der Waals surface area contributed by atoms with Gasteiger partial charge >= 0.3 is 6.03 Å². The first kappa shape index (κ1) is 15.4. The molecule has 0 aliphatic carbocycles. The van der Waals surface area contributed by atoms with E-state index >= 15 is 0 Å². The molecular weight excluding hydrogens is 273 g/mol. The van der Waals surface area contributed by atoms with Gasteiger partial charge in [-0.15, -0.1) is 0 Å². The maximum absolute atomic E-state index is 12.9. The monoisotopic (exact) mass is 293 g/mol. The minimum Gasteiger partial charge on any atom is -0.329 e. The van der Waals surface area contributed by atoms with Gasteiger partial charge in [0.2, 0.25) is 5.91 Å². The Morgan fingerprint density at radius 3 is 2.57 bits per heavy atom. The lowest BCUT2D eigenvalue weighted by atomic mass is 10.1. The molecule has 0 spiro atoms. The van der Waals surface area contributed by atoms with Gasteiger partial charge in [-0.2, -0.15) is 0 Å². The molecule has 1 fully saturated rings. The number of imide groups is 1. The first-order chi connectivity index (χ1) is 9.99. The summed E-state index contributed by atoms with van der Waals surface area (Å²) in [7, 11) is 1.97. The Kier molecular flexibility index (Phi) is 4.90. The van der Waals surface area contributed by atoms with E-state index in [4.69, 9.17) is 0 Å². The van der Waals surface area contributed by atoms with Crippen molar-refractivity contribution in [3.05, 3.63) is 35.6 Å². The zero-order chi connectivity index (χ0) is 15.4. The molecule has 1 heterocycles. The fourth-order valence-electron chi connectivity index (χ4n) is 2.35. The number of halogens is 1. The maximum atomic E-state index is 12.9. The molecule has 1 aromatic rings. The van der Waals surface area contributed by atoms with Crippen LogP contribution in [0.4, 0.5) is 9.18 Å². The number of carbonyl (C=O) groups excluding carboxylic acids is 2. The third-order valence-corrected chi connectivity index (χ3v) is 3.84. The molecule has 6 heteroatoms. The van der Waals surface area contributed by atoms with Gasteiger partial charge in [-0.05, 0) is 38.1 Å². The van der Waals surface area contributed by atoms with E-state index in [0.29, 0.717) is 13.0 Å². The summed E-state index contributed by atoms with van der Waals surface area (Å²) in [5.74, 6) is -0.415. The van der Waals surface area contributed by atoms with E-state index in [-0.39, 0.29) is 30.3 Å². The molecular formula is C15H20FN3O2. The molecule has 21 heavy (non-hydrogen) atoms. The fourth-order valence-corrected chi connectivity index (χ4v) is 2.35. The summed E-state index contributed by atoms with van der Waals surface area (Å²) in [5, 5.41) is 2.50. The predicted octanol–water partition coefficient (Wildman–Crippen LogP) is 1.76. The molecule has 1 saturated heterocycles. The van der Waals surface area contributed by atoms with Crippen molar-refractivity contribution in [3.63, 3.8) is 0 Å². The highest BCUT2D eigenvalue weighted by Gasteiger charge is 2.27. The van der Waals surface area contributed by atoms with Gasteiger partial charge in [-0.3, -0.25) is 14.6 Å². The molecule has 0 bridgehead atoms. The van der Waals surface area contributed by atoms with Crippen LogP contribution < -0.4 is 5.32 Å². The highest BCUT2D eigenvalue weighted by molar-refractivity contribution is 6.01. The van der Waals surface area contributed by atoms with Crippen LogP contribution in [0.25, 0.3) is 0 Å². The number of amides is 3. The summed E-state index contributed by atoms with van der Waals surface area (Å²) in [6.07, 6.45) is 0.710. The number of hydrogen-bond donors (Lipinski definition) is 1. The van der Waals surface area contributed by atoms with Crippen molar-refractivity contribution in [1.29, 1.82) is 0 Å². The first-order valence-electron chi connectivity index (χ1n) is 7.03. The Hall–Kier alpha value is -1.95. The summed E-state index contributed by atoms with van der Waals surface area (Å²) in [5.41, 5.74) is 1.04. The normalized spacial score (nSPS) is 16.5. The minimum absolute atomic E-state index is 0.0979. The molecule has 114 valence electrons. The predicted molar refractivity (Wildman–Crippen MR) is 77.2 cm³/mol. The van der Waals surface area contributed by atoms with Gasteiger partial charge in [0.15, 0.2) is 0 Å². The third kappa shape index (κ3) is 3.78. The van der Waals surface area contributed by atoms with Crippen LogP contribution in [-0.4, -0.2) is 48.4 Å². The molecule has 2 rings (SSSR count). The Morgan fingerprint density at radius 2 is 2.00 bits per heavy atom. The minimum atomic E-state index is -0.311. The van der Waals surface area contributed by atoms with Crippen LogP contribution in [-0.2, 0) is 4.79 Å². The number of nitrogens with one attached hydrogen (secondary N) is 1. The number of hydrogen-bond acceptors (Lipinski definition) is 3. The van der Waals surface area contributed by atoms with E-state index in [2.05, 4.69) is 10.2 Å². The zero-order valence-electron chi connectivity index (χ0n) is 12.3. The molecule has 0 saturated carbocycles. The van der Waals surface area contributed by atoms with Crippen LogP contribution in [0.5, 0.6) is 0 Å². The van der Waals surface area contributed by atoms with E-state index in [1.165, 1.54) is 17.0 Å². The van der Waals surface area contributed by atoms with Crippen molar-refractivity contribution in [1.82, 2.24) is 15.1 Å². The van der Waals surface area contributed by atoms with E-state index in [1.54, 1.807) is 12.1 Å². The second-order valence-corrected chi connectivity index (χ2v) is 5.27. The van der Waals surface area contributed by atoms with Crippen molar-refractivity contribution in [2.24, 2.45) is 0 Å². The number of urea groups is 1. The van der Waals surface area contributed by atoms with Gasteiger partial charge in [0.1, 0.15) is 5.82 Å². The van der Waals surface area contributed by atoms with Crippen molar-refractivity contribution >= 4 is 11.9 Å². The Morgan fingerprint density at radius 1 is 1.33 bits per heavy atom. The number of benzene rings is 1. The molecule has 1 aromatic carbocycles. The van der Waals surface area contributed by atoms with Gasteiger partial charge in [0.25, 0.3) is 0 Å². The third-order valence-electron chi connectivity index (χ3n) is 3.84. The smallest absolute Gasteiger partial charge is 0.324 e. The van der Waals surface area contributed by atoms with Crippen LogP contribution in [0.1, 0.15) is 24.9 Å². The van der Waals surface area contributed by atoms with Crippen LogP contribution in [0.2, 0.25) is 0 Å². The van der Waals surface area contributed by atoms with Gasteiger partial charge in [-0.25, -0.2) is 9.18 Å². The number of nitrogens with zero attached hydrogens (tertiary/aromatic N) is 2. The van der Waals surface area contributed by atoms with Crippen molar-refractivity contribution < 1.29 is 14.0 Å². The molecule has 0 radical (unpaired) electrons. The lowest BCUT2D eigenvalue weighted by Crippen LogP contribution is -2.34. The molecule has 3 amide bonds. The first-order valence-corrected chi connectivity index (χ1v) is 7.03. The highest BCUT2D eigenvalue weighted by Crippen LogP contribution is 2.19. The quantitative estimate of drug-likeness (QED) is 0.813. The Bertz CT molecular complexity index is 502. The summed E-state index contributed by atoms with van der Waals surface area (Å²) in [4.78, 5) is 26.2. The molecule has 1 N–H and O–H groups in total. The summed E-state index contributed by atoms with van der Waals surface area (Å²) < 4.78 is 12.9. The summed E-state index contributed by atoms with van der Waals surface area (Å²) >= 11 is 0. The number of rotatable bonds is 6. The van der Waals surface area contributed by atoms with Crippen molar-refractivity contribution in [2.45, 2.75) is 19.4 Å². The van der Waals surface area contributed by atoms with E-state index in [1.807, 2.05) is 14.0 Å². The van der Waals surface area contributed by atoms with Crippen molar-refractivity contribution in [3.8, 4) is 0 Å². The second-order valence-electron chi connectivity index (χ2n) is 5.27. The van der Waals surface area contributed by atoms with Crippen LogP contribution >= 0.6 is 0 Å². The van der Waals surface area contributed by atoms with Gasteiger partial charge in [0.05, 0.1) is 6.54 Å². The lowest BCUT2D eigenvalue weighted by Gasteiger charge is -2.25. The fraction of sp³-hybridized carbons (Fsp3) is 0.467. The highest BCUT2D eigenvalue weighted by atomic mass is 19.1. The van der Waals surface area contributed by atoms with Crippen LogP contribution in [0.3, 0.4) is 0 Å². The lowest BCUT2D eigenvalue weighted by molar-refractivity contribution is -0.125. The zero-order valence-corrected chi connectivity index (χ0v) is 12.3. The van der Waals surface area contributed by atoms with Gasteiger partial charge < -0.3 is 5.32 Å². The summed E-state index contributed by atoms with van der Waals surface area (Å²) in [6, 6.07) is 6.28. The van der Waals surface area contributed by atoms with Crippen LogP contribution in [0.15, 0.2) is 24.3 Å².